The van der Waals surface area contributed by atoms with Crippen molar-refractivity contribution in [3.63, 3.8) is 0 Å². The number of carbonyl (C=O) groups is 2. The van der Waals surface area contributed by atoms with Gasteiger partial charge in [-0.25, -0.2) is 0 Å². The van der Waals surface area contributed by atoms with Gasteiger partial charge in [-0.1, -0.05) is 61.0 Å². The van der Waals surface area contributed by atoms with Crippen molar-refractivity contribution in [2.45, 2.75) is 52.5 Å². The molecule has 0 heterocycles. The number of amides is 2. The van der Waals surface area contributed by atoms with Crippen LogP contribution in [0.1, 0.15) is 42.5 Å². The van der Waals surface area contributed by atoms with E-state index in [0.717, 1.165) is 16.9 Å². The van der Waals surface area contributed by atoms with Crippen LogP contribution >= 0.6 is 11.8 Å². The monoisotopic (exact) mass is 412 g/mol. The van der Waals surface area contributed by atoms with E-state index in [1.54, 1.807) is 16.7 Å². The van der Waals surface area contributed by atoms with Gasteiger partial charge in [-0.15, -0.1) is 11.8 Å². The molecule has 0 radical (unpaired) electrons. The summed E-state index contributed by atoms with van der Waals surface area (Å²) < 4.78 is 0. The molecule has 0 bridgehead atoms. The van der Waals surface area contributed by atoms with E-state index in [2.05, 4.69) is 30.4 Å². The van der Waals surface area contributed by atoms with Crippen LogP contribution in [0, 0.1) is 13.8 Å². The average Bonchev–Trinajstić information content (AvgIpc) is 2.69. The maximum atomic E-state index is 13.1. The van der Waals surface area contributed by atoms with E-state index in [4.69, 9.17) is 0 Å². The fourth-order valence-corrected chi connectivity index (χ4v) is 4.31. The molecule has 0 fully saturated rings. The molecule has 1 N–H and O–H groups in total. The van der Waals surface area contributed by atoms with Gasteiger partial charge in [0.1, 0.15) is 6.04 Å². The highest BCUT2D eigenvalue weighted by molar-refractivity contribution is 7.99. The Morgan fingerprint density at radius 3 is 2.48 bits per heavy atom. The summed E-state index contributed by atoms with van der Waals surface area (Å²) in [6.45, 7) is 8.98. The molecule has 156 valence electrons. The van der Waals surface area contributed by atoms with E-state index in [-0.39, 0.29) is 11.8 Å². The smallest absolute Gasteiger partial charge is 0.242 e. The van der Waals surface area contributed by atoms with Crippen molar-refractivity contribution in [1.82, 2.24) is 10.2 Å². The number of nitrogens with zero attached hydrogens (tertiary/aromatic N) is 1. The van der Waals surface area contributed by atoms with Crippen molar-refractivity contribution in [1.29, 1.82) is 0 Å². The summed E-state index contributed by atoms with van der Waals surface area (Å²) in [6.07, 6.45) is 0.589. The number of likely N-dealkylation sites (N-methyl/N-ethyl adjacent to an activating group) is 1. The lowest BCUT2D eigenvalue weighted by Crippen LogP contribution is -2.49. The molecule has 0 saturated heterocycles. The molecular formula is C24H32N2O2S. The Morgan fingerprint density at radius 1 is 1.07 bits per heavy atom. The standard InChI is InChI=1S/C24H32N2O2S/c1-5-22(24(28)25-6-2)26(15-20-12-9-10-18(3)14-20)23(27)17-29-16-21-13-8-7-11-19(21)4/h7-14,22H,5-6,15-17H2,1-4H3,(H,25,28)/t22-/m1/s1. The van der Waals surface area contributed by atoms with E-state index in [1.165, 1.54) is 11.1 Å². The fourth-order valence-electron chi connectivity index (χ4n) is 3.32. The number of rotatable bonds is 10. The van der Waals surface area contributed by atoms with Crippen molar-refractivity contribution in [2.75, 3.05) is 12.3 Å². The van der Waals surface area contributed by atoms with Gasteiger partial charge in [0.15, 0.2) is 0 Å². The van der Waals surface area contributed by atoms with Gasteiger partial charge in [0, 0.05) is 18.8 Å². The first-order valence-electron chi connectivity index (χ1n) is 10.2. The van der Waals surface area contributed by atoms with E-state index in [0.29, 0.717) is 25.3 Å². The van der Waals surface area contributed by atoms with Gasteiger partial charge in [-0.05, 0) is 43.9 Å². The van der Waals surface area contributed by atoms with Crippen LogP contribution in [0.4, 0.5) is 0 Å². The van der Waals surface area contributed by atoms with Crippen molar-refractivity contribution >= 4 is 23.6 Å². The van der Waals surface area contributed by atoms with E-state index in [9.17, 15) is 9.59 Å². The minimum atomic E-state index is -0.456. The molecule has 2 rings (SSSR count). The zero-order valence-electron chi connectivity index (χ0n) is 17.9. The molecule has 2 aromatic rings. The van der Waals surface area contributed by atoms with Crippen LogP contribution < -0.4 is 5.32 Å². The highest BCUT2D eigenvalue weighted by atomic mass is 32.2. The molecular weight excluding hydrogens is 380 g/mol. The van der Waals surface area contributed by atoms with Crippen molar-refractivity contribution in [3.8, 4) is 0 Å². The van der Waals surface area contributed by atoms with Gasteiger partial charge < -0.3 is 10.2 Å². The lowest BCUT2D eigenvalue weighted by molar-refractivity contribution is -0.139. The maximum Gasteiger partial charge on any atom is 0.242 e. The van der Waals surface area contributed by atoms with Crippen LogP contribution in [-0.4, -0.2) is 35.1 Å². The quantitative estimate of drug-likeness (QED) is 0.626. The second-order valence-electron chi connectivity index (χ2n) is 7.25. The number of hydrogen-bond donors (Lipinski definition) is 1. The van der Waals surface area contributed by atoms with Crippen LogP contribution in [0.3, 0.4) is 0 Å². The summed E-state index contributed by atoms with van der Waals surface area (Å²) in [5, 5.41) is 2.88. The van der Waals surface area contributed by atoms with Gasteiger partial charge in [0.05, 0.1) is 5.75 Å². The Labute approximate surface area is 179 Å². The van der Waals surface area contributed by atoms with Gasteiger partial charge in [-0.3, -0.25) is 9.59 Å². The summed E-state index contributed by atoms with van der Waals surface area (Å²) >= 11 is 1.60. The summed E-state index contributed by atoms with van der Waals surface area (Å²) in [5.41, 5.74) is 4.67. The second kappa shape index (κ2) is 11.7. The minimum Gasteiger partial charge on any atom is -0.355 e. The third kappa shape index (κ3) is 6.93. The largest absolute Gasteiger partial charge is 0.355 e. The molecule has 4 nitrogen and oxygen atoms in total. The van der Waals surface area contributed by atoms with Crippen molar-refractivity contribution in [2.24, 2.45) is 0 Å². The molecule has 2 amide bonds. The number of hydrogen-bond acceptors (Lipinski definition) is 3. The Bertz CT molecular complexity index is 822. The first kappa shape index (κ1) is 23.0. The molecule has 0 aliphatic rings. The predicted molar refractivity (Wildman–Crippen MR) is 122 cm³/mol. The molecule has 0 unspecified atom stereocenters. The summed E-state index contributed by atoms with van der Waals surface area (Å²) in [7, 11) is 0. The molecule has 2 aromatic carbocycles. The first-order chi connectivity index (χ1) is 14.0. The molecule has 0 aromatic heterocycles. The molecule has 0 spiro atoms. The zero-order valence-corrected chi connectivity index (χ0v) is 18.7. The van der Waals surface area contributed by atoms with Crippen LogP contribution in [0.5, 0.6) is 0 Å². The Balaban J connectivity index is 2.12. The first-order valence-corrected chi connectivity index (χ1v) is 11.4. The van der Waals surface area contributed by atoms with Gasteiger partial charge in [-0.2, -0.15) is 0 Å². The van der Waals surface area contributed by atoms with Crippen LogP contribution in [-0.2, 0) is 21.9 Å². The van der Waals surface area contributed by atoms with E-state index >= 15 is 0 Å². The number of benzene rings is 2. The Kier molecular flexibility index (Phi) is 9.26. The highest BCUT2D eigenvalue weighted by Gasteiger charge is 2.28. The Hall–Kier alpha value is -2.27. The van der Waals surface area contributed by atoms with Crippen LogP contribution in [0.25, 0.3) is 0 Å². The Morgan fingerprint density at radius 2 is 1.83 bits per heavy atom. The number of aryl methyl sites for hydroxylation is 2. The summed E-state index contributed by atoms with van der Waals surface area (Å²) in [5.74, 6) is 1.06. The topological polar surface area (TPSA) is 49.4 Å². The maximum absolute atomic E-state index is 13.1. The SMILES string of the molecule is CCNC(=O)[C@@H](CC)N(Cc1cccc(C)c1)C(=O)CSCc1ccccc1C. The molecule has 0 aliphatic carbocycles. The number of carbonyl (C=O) groups excluding carboxylic acids is 2. The lowest BCUT2D eigenvalue weighted by Gasteiger charge is -2.30. The highest BCUT2D eigenvalue weighted by Crippen LogP contribution is 2.19. The van der Waals surface area contributed by atoms with E-state index < -0.39 is 6.04 Å². The summed E-state index contributed by atoms with van der Waals surface area (Å²) in [6, 6.07) is 15.9. The molecule has 29 heavy (non-hydrogen) atoms. The summed E-state index contributed by atoms with van der Waals surface area (Å²) in [4.78, 5) is 27.5. The lowest BCUT2D eigenvalue weighted by atomic mass is 10.1. The van der Waals surface area contributed by atoms with Gasteiger partial charge in [0.25, 0.3) is 0 Å². The minimum absolute atomic E-state index is 0.00296. The van der Waals surface area contributed by atoms with Crippen molar-refractivity contribution < 1.29 is 9.59 Å². The molecule has 0 aliphatic heterocycles. The fraction of sp³-hybridized carbons (Fsp3) is 0.417. The van der Waals surface area contributed by atoms with Crippen LogP contribution in [0.15, 0.2) is 48.5 Å². The van der Waals surface area contributed by atoms with E-state index in [1.807, 2.05) is 51.1 Å². The molecule has 5 heteroatoms. The molecule has 1 atom stereocenters. The second-order valence-corrected chi connectivity index (χ2v) is 8.23. The van der Waals surface area contributed by atoms with Crippen LogP contribution in [0.2, 0.25) is 0 Å². The zero-order chi connectivity index (χ0) is 21.2. The average molecular weight is 413 g/mol. The third-order valence-corrected chi connectivity index (χ3v) is 5.88. The number of nitrogens with one attached hydrogen (secondary N) is 1. The van der Waals surface area contributed by atoms with Gasteiger partial charge in [0.2, 0.25) is 11.8 Å². The predicted octanol–water partition coefficient (Wildman–Crippen LogP) is 4.48. The van der Waals surface area contributed by atoms with Gasteiger partial charge >= 0.3 is 0 Å². The molecule has 0 saturated carbocycles. The normalized spacial score (nSPS) is 11.7. The number of thioether (sulfide) groups is 1. The van der Waals surface area contributed by atoms with Crippen molar-refractivity contribution in [3.05, 3.63) is 70.8 Å². The third-order valence-electron chi connectivity index (χ3n) is 4.92.